The Labute approximate surface area is 217 Å². The molecule has 36 heavy (non-hydrogen) atoms. The number of rotatable bonds is 5. The summed E-state index contributed by atoms with van der Waals surface area (Å²) in [5.41, 5.74) is 7.34. The quantitative estimate of drug-likeness (QED) is 0.258. The lowest BCUT2D eigenvalue weighted by Gasteiger charge is -2.25. The number of aliphatic imine (C=N–C) groups is 2. The number of azo groups is 1. The molecule has 0 amide bonds. The van der Waals surface area contributed by atoms with Crippen LogP contribution in [0.2, 0.25) is 0 Å². The molecule has 0 unspecified atom stereocenters. The summed E-state index contributed by atoms with van der Waals surface area (Å²) in [7, 11) is 0. The second kappa shape index (κ2) is 10.7. The standard InChI is InChI=1S/C32H40N4/c1-30(2,3)22-34-27-12-16-29(17-13-27)36-35-28-14-10-26(11-15-28)33-21-23-18-24(31(4,5)6)20-25(19-23)32(7,8)9/h10-22H,1-9H3. The lowest BCUT2D eigenvalue weighted by atomic mass is 9.79. The molecule has 0 spiro atoms. The summed E-state index contributed by atoms with van der Waals surface area (Å²) in [6.07, 6.45) is 3.91. The number of hydrogen-bond donors (Lipinski definition) is 0. The molecule has 188 valence electrons. The van der Waals surface area contributed by atoms with Crippen molar-refractivity contribution in [3.8, 4) is 0 Å². The van der Waals surface area contributed by atoms with Crippen LogP contribution >= 0.6 is 0 Å². The Kier molecular flexibility index (Phi) is 8.08. The minimum absolute atomic E-state index is 0.0560. The van der Waals surface area contributed by atoms with Crippen molar-refractivity contribution in [2.24, 2.45) is 25.6 Å². The molecule has 3 rings (SSSR count). The molecule has 4 nitrogen and oxygen atoms in total. The van der Waals surface area contributed by atoms with Gasteiger partial charge in [0.25, 0.3) is 0 Å². The third-order valence-electron chi connectivity index (χ3n) is 5.63. The minimum Gasteiger partial charge on any atom is -0.261 e. The third-order valence-corrected chi connectivity index (χ3v) is 5.63. The van der Waals surface area contributed by atoms with Crippen molar-refractivity contribution in [3.05, 3.63) is 83.4 Å². The first-order chi connectivity index (χ1) is 16.7. The van der Waals surface area contributed by atoms with Gasteiger partial charge in [-0.25, -0.2) is 0 Å². The van der Waals surface area contributed by atoms with E-state index >= 15 is 0 Å². The van der Waals surface area contributed by atoms with Crippen LogP contribution in [0.5, 0.6) is 0 Å². The van der Waals surface area contributed by atoms with E-state index < -0.39 is 0 Å². The van der Waals surface area contributed by atoms with Gasteiger partial charge in [-0.05, 0) is 93.6 Å². The second-order valence-corrected chi connectivity index (χ2v) is 12.5. The molecule has 0 heterocycles. The SMILES string of the molecule is CC(C)(C)C=Nc1ccc(N=Nc2ccc(N=Cc3cc(C(C)(C)C)cc(C(C)(C)C)c3)cc2)cc1. The fourth-order valence-electron chi connectivity index (χ4n) is 3.34. The Hall–Kier alpha value is -3.40. The summed E-state index contributed by atoms with van der Waals surface area (Å²) in [6, 6.07) is 22.4. The number of nitrogens with zero attached hydrogens (tertiary/aromatic N) is 4. The van der Waals surface area contributed by atoms with Gasteiger partial charge in [0.05, 0.1) is 22.7 Å². The van der Waals surface area contributed by atoms with E-state index in [1.807, 2.05) is 61.0 Å². The molecule has 3 aromatic carbocycles. The molecule has 3 aromatic rings. The zero-order valence-corrected chi connectivity index (χ0v) is 23.3. The average molecular weight is 481 g/mol. The van der Waals surface area contributed by atoms with E-state index in [1.165, 1.54) is 11.1 Å². The highest BCUT2D eigenvalue weighted by Crippen LogP contribution is 2.30. The fraction of sp³-hybridized carbons (Fsp3) is 0.375. The Morgan fingerprint density at radius 2 is 0.889 bits per heavy atom. The zero-order valence-electron chi connectivity index (χ0n) is 23.3. The number of hydrogen-bond acceptors (Lipinski definition) is 4. The predicted octanol–water partition coefficient (Wildman–Crippen LogP) is 10.2. The normalized spacial score (nSPS) is 13.4. The molecule has 0 fully saturated rings. The highest BCUT2D eigenvalue weighted by atomic mass is 15.1. The largest absolute Gasteiger partial charge is 0.261 e. The first-order valence-corrected chi connectivity index (χ1v) is 12.6. The van der Waals surface area contributed by atoms with Gasteiger partial charge in [0.15, 0.2) is 0 Å². The van der Waals surface area contributed by atoms with Crippen LogP contribution in [0.1, 0.15) is 79.0 Å². The van der Waals surface area contributed by atoms with Crippen LogP contribution in [0.15, 0.2) is 86.9 Å². The van der Waals surface area contributed by atoms with Crippen LogP contribution in [0.3, 0.4) is 0 Å². The molecular weight excluding hydrogens is 440 g/mol. The van der Waals surface area contributed by atoms with Crippen LogP contribution in [-0.2, 0) is 10.8 Å². The molecule has 0 aliphatic rings. The van der Waals surface area contributed by atoms with Crippen LogP contribution < -0.4 is 0 Å². The van der Waals surface area contributed by atoms with Crippen molar-refractivity contribution >= 4 is 35.2 Å². The maximum absolute atomic E-state index is 4.72. The molecule has 0 atom stereocenters. The second-order valence-electron chi connectivity index (χ2n) is 12.5. The minimum atomic E-state index is 0.0560. The van der Waals surface area contributed by atoms with Crippen molar-refractivity contribution in [1.82, 2.24) is 0 Å². The van der Waals surface area contributed by atoms with E-state index in [1.54, 1.807) is 0 Å². The van der Waals surface area contributed by atoms with Crippen molar-refractivity contribution in [2.75, 3.05) is 0 Å². The summed E-state index contributed by atoms with van der Waals surface area (Å²) in [5, 5.41) is 8.71. The molecule has 0 aliphatic carbocycles. The first kappa shape index (κ1) is 27.2. The Morgan fingerprint density at radius 3 is 1.28 bits per heavy atom. The Bertz CT molecular complexity index is 1210. The molecular formula is C32H40N4. The Balaban J connectivity index is 1.71. The van der Waals surface area contributed by atoms with Gasteiger partial charge in [-0.15, -0.1) is 0 Å². The maximum atomic E-state index is 4.72. The highest BCUT2D eigenvalue weighted by molar-refractivity contribution is 5.83. The van der Waals surface area contributed by atoms with E-state index in [9.17, 15) is 0 Å². The maximum Gasteiger partial charge on any atom is 0.0858 e. The predicted molar refractivity (Wildman–Crippen MR) is 156 cm³/mol. The van der Waals surface area contributed by atoms with Crippen molar-refractivity contribution < 1.29 is 0 Å². The molecule has 0 bridgehead atoms. The van der Waals surface area contributed by atoms with Crippen molar-refractivity contribution in [3.63, 3.8) is 0 Å². The number of benzene rings is 3. The summed E-state index contributed by atoms with van der Waals surface area (Å²) >= 11 is 0. The summed E-state index contributed by atoms with van der Waals surface area (Å²) in [4.78, 5) is 9.22. The van der Waals surface area contributed by atoms with Gasteiger partial charge in [0.1, 0.15) is 0 Å². The van der Waals surface area contributed by atoms with Gasteiger partial charge < -0.3 is 0 Å². The zero-order chi connectivity index (χ0) is 26.6. The first-order valence-electron chi connectivity index (χ1n) is 12.6. The van der Waals surface area contributed by atoms with E-state index in [0.29, 0.717) is 0 Å². The molecule has 0 saturated carbocycles. The van der Waals surface area contributed by atoms with Crippen LogP contribution in [-0.4, -0.2) is 12.4 Å². The lowest BCUT2D eigenvalue weighted by molar-refractivity contribution is 0.568. The monoisotopic (exact) mass is 480 g/mol. The van der Waals surface area contributed by atoms with Gasteiger partial charge in [0.2, 0.25) is 0 Å². The average Bonchev–Trinajstić information content (AvgIpc) is 2.79. The Morgan fingerprint density at radius 1 is 0.500 bits per heavy atom. The third kappa shape index (κ3) is 8.37. The molecule has 0 saturated heterocycles. The fourth-order valence-corrected chi connectivity index (χ4v) is 3.34. The summed E-state index contributed by atoms with van der Waals surface area (Å²) in [6.45, 7) is 19.9. The summed E-state index contributed by atoms with van der Waals surface area (Å²) < 4.78 is 0. The van der Waals surface area contributed by atoms with Crippen LogP contribution in [0.25, 0.3) is 0 Å². The van der Waals surface area contributed by atoms with E-state index in [-0.39, 0.29) is 16.2 Å². The molecule has 0 aromatic heterocycles. The molecule has 0 N–H and O–H groups in total. The van der Waals surface area contributed by atoms with Crippen molar-refractivity contribution in [2.45, 2.75) is 73.1 Å². The highest BCUT2D eigenvalue weighted by Gasteiger charge is 2.20. The molecule has 0 radical (unpaired) electrons. The van der Waals surface area contributed by atoms with Gasteiger partial charge in [-0.1, -0.05) is 68.4 Å². The molecule has 0 aliphatic heterocycles. The van der Waals surface area contributed by atoms with E-state index in [0.717, 1.165) is 28.3 Å². The van der Waals surface area contributed by atoms with E-state index in [4.69, 9.17) is 4.99 Å². The van der Waals surface area contributed by atoms with Gasteiger partial charge >= 0.3 is 0 Å². The van der Waals surface area contributed by atoms with Gasteiger partial charge in [0, 0.05) is 12.4 Å². The topological polar surface area (TPSA) is 49.4 Å². The lowest BCUT2D eigenvalue weighted by Crippen LogP contribution is -2.17. The van der Waals surface area contributed by atoms with Gasteiger partial charge in [-0.3, -0.25) is 9.98 Å². The summed E-state index contributed by atoms with van der Waals surface area (Å²) in [5.74, 6) is 0. The van der Waals surface area contributed by atoms with Crippen LogP contribution in [0.4, 0.5) is 22.7 Å². The smallest absolute Gasteiger partial charge is 0.0858 e. The van der Waals surface area contributed by atoms with E-state index in [2.05, 4.69) is 95.7 Å². The van der Waals surface area contributed by atoms with Gasteiger partial charge in [-0.2, -0.15) is 10.2 Å². The van der Waals surface area contributed by atoms with Crippen LogP contribution in [0, 0.1) is 5.41 Å². The molecule has 4 heteroatoms. The van der Waals surface area contributed by atoms with Crippen molar-refractivity contribution in [1.29, 1.82) is 0 Å².